The molecule has 0 aliphatic carbocycles. The van der Waals surface area contributed by atoms with E-state index in [9.17, 15) is 4.79 Å². The number of nitrogens with zero attached hydrogens (tertiary/aromatic N) is 3. The van der Waals surface area contributed by atoms with Crippen molar-refractivity contribution in [1.82, 2.24) is 9.88 Å². The first-order valence-electron chi connectivity index (χ1n) is 10.4. The van der Waals surface area contributed by atoms with E-state index in [1.54, 1.807) is 23.1 Å². The molecule has 1 aliphatic rings. The molecule has 0 saturated carbocycles. The highest BCUT2D eigenvalue weighted by molar-refractivity contribution is 7.98. The van der Waals surface area contributed by atoms with Gasteiger partial charge in [0.15, 0.2) is 5.13 Å². The van der Waals surface area contributed by atoms with Gasteiger partial charge in [-0.2, -0.15) is 0 Å². The number of halogens is 2. The average molecular weight is 513 g/mol. The lowest BCUT2D eigenvalue weighted by Gasteiger charge is -2.27. The Morgan fingerprint density at radius 2 is 1.94 bits per heavy atom. The number of amides is 1. The van der Waals surface area contributed by atoms with E-state index in [1.165, 1.54) is 0 Å². The van der Waals surface area contributed by atoms with Gasteiger partial charge in [-0.15, -0.1) is 24.2 Å². The van der Waals surface area contributed by atoms with Crippen molar-refractivity contribution in [1.29, 1.82) is 0 Å². The van der Waals surface area contributed by atoms with Crippen molar-refractivity contribution in [2.24, 2.45) is 0 Å². The largest absolute Gasteiger partial charge is 0.379 e. The molecule has 0 unspecified atom stereocenters. The predicted octanol–water partition coefficient (Wildman–Crippen LogP) is 5.77. The standard InChI is InChI=1S/C23H26ClN3O2S2.ClH/c1-16-19(24)8-9-20-21(16)25-23(31-20)27(11-3-10-26-12-14-29-15-13-26)22(28)17-4-6-18(30-2)7-5-17;/h4-9H,3,10-15H2,1-2H3;1H. The highest BCUT2D eigenvalue weighted by Gasteiger charge is 2.22. The van der Waals surface area contributed by atoms with Gasteiger partial charge in [-0.05, 0) is 61.6 Å². The fourth-order valence-electron chi connectivity index (χ4n) is 3.65. The van der Waals surface area contributed by atoms with Crippen LogP contribution in [0.25, 0.3) is 10.2 Å². The van der Waals surface area contributed by atoms with Crippen molar-refractivity contribution in [3.63, 3.8) is 0 Å². The number of hydrogen-bond donors (Lipinski definition) is 0. The zero-order chi connectivity index (χ0) is 21.8. The van der Waals surface area contributed by atoms with Crippen molar-refractivity contribution in [3.8, 4) is 0 Å². The van der Waals surface area contributed by atoms with Crippen molar-refractivity contribution >= 4 is 68.4 Å². The van der Waals surface area contributed by atoms with Crippen LogP contribution in [0.5, 0.6) is 0 Å². The predicted molar refractivity (Wildman–Crippen MR) is 138 cm³/mol. The number of carbonyl (C=O) groups excluding carboxylic acids is 1. The first-order chi connectivity index (χ1) is 15.1. The third-order valence-corrected chi connectivity index (χ3v) is 7.71. The molecule has 5 nitrogen and oxygen atoms in total. The zero-order valence-electron chi connectivity index (χ0n) is 18.2. The highest BCUT2D eigenvalue weighted by Crippen LogP contribution is 2.34. The van der Waals surface area contributed by atoms with Gasteiger partial charge in [0.1, 0.15) is 0 Å². The summed E-state index contributed by atoms with van der Waals surface area (Å²) in [6.45, 7) is 6.98. The number of thiazole rings is 1. The van der Waals surface area contributed by atoms with E-state index in [1.807, 2.05) is 54.5 Å². The summed E-state index contributed by atoms with van der Waals surface area (Å²) in [6, 6.07) is 11.7. The molecule has 0 atom stereocenters. The van der Waals surface area contributed by atoms with E-state index in [0.29, 0.717) is 17.1 Å². The first kappa shape index (κ1) is 25.3. The molecule has 172 valence electrons. The van der Waals surface area contributed by atoms with Gasteiger partial charge >= 0.3 is 0 Å². The van der Waals surface area contributed by atoms with Gasteiger partial charge < -0.3 is 4.74 Å². The molecule has 3 aromatic rings. The average Bonchev–Trinajstić information content (AvgIpc) is 3.24. The monoisotopic (exact) mass is 511 g/mol. The summed E-state index contributed by atoms with van der Waals surface area (Å²) in [7, 11) is 0. The quantitative estimate of drug-likeness (QED) is 0.376. The maximum absolute atomic E-state index is 13.5. The summed E-state index contributed by atoms with van der Waals surface area (Å²) in [5.41, 5.74) is 2.50. The molecule has 1 aliphatic heterocycles. The molecular formula is C23H27Cl2N3O2S2. The van der Waals surface area contributed by atoms with Gasteiger partial charge in [-0.3, -0.25) is 14.6 Å². The molecular weight excluding hydrogens is 485 g/mol. The van der Waals surface area contributed by atoms with Gasteiger partial charge in [0.05, 0.1) is 23.4 Å². The molecule has 32 heavy (non-hydrogen) atoms. The van der Waals surface area contributed by atoms with Gasteiger partial charge in [-0.1, -0.05) is 22.9 Å². The molecule has 0 bridgehead atoms. The summed E-state index contributed by atoms with van der Waals surface area (Å²) in [5, 5.41) is 1.42. The Morgan fingerprint density at radius 1 is 1.22 bits per heavy atom. The van der Waals surface area contributed by atoms with Gasteiger partial charge in [-0.25, -0.2) is 4.98 Å². The van der Waals surface area contributed by atoms with Gasteiger partial charge in [0.25, 0.3) is 5.91 Å². The maximum Gasteiger partial charge on any atom is 0.260 e. The van der Waals surface area contributed by atoms with Crippen LogP contribution in [0.3, 0.4) is 0 Å². The summed E-state index contributed by atoms with van der Waals surface area (Å²) in [6.07, 6.45) is 2.91. The maximum atomic E-state index is 13.5. The second-order valence-corrected chi connectivity index (χ2v) is 9.80. The SMILES string of the molecule is CSc1ccc(C(=O)N(CCCN2CCOCC2)c2nc3c(C)c(Cl)ccc3s2)cc1.Cl. The van der Waals surface area contributed by atoms with E-state index in [4.69, 9.17) is 21.3 Å². The van der Waals surface area contributed by atoms with Crippen molar-refractivity contribution in [2.45, 2.75) is 18.2 Å². The third kappa shape index (κ3) is 5.76. The molecule has 1 aromatic heterocycles. The fraction of sp³-hybridized carbons (Fsp3) is 0.391. The lowest BCUT2D eigenvalue weighted by molar-refractivity contribution is 0.0376. The summed E-state index contributed by atoms with van der Waals surface area (Å²) in [5.74, 6) is -0.0163. The Morgan fingerprint density at radius 3 is 2.62 bits per heavy atom. The lowest BCUT2D eigenvalue weighted by atomic mass is 10.2. The molecule has 0 spiro atoms. The number of fused-ring (bicyclic) bond motifs is 1. The summed E-state index contributed by atoms with van der Waals surface area (Å²) >= 11 is 9.51. The molecule has 1 fully saturated rings. The van der Waals surface area contributed by atoms with Crippen molar-refractivity contribution in [2.75, 3.05) is 50.5 Å². The Labute approximate surface area is 208 Å². The molecule has 1 saturated heterocycles. The molecule has 0 radical (unpaired) electrons. The second-order valence-electron chi connectivity index (χ2n) is 7.51. The number of aromatic nitrogens is 1. The molecule has 4 rings (SSSR count). The summed E-state index contributed by atoms with van der Waals surface area (Å²) in [4.78, 5) is 23.7. The van der Waals surface area contributed by atoms with Gasteiger partial charge in [0, 0.05) is 41.7 Å². The number of carbonyl (C=O) groups is 1. The second kappa shape index (κ2) is 11.7. The van der Waals surface area contributed by atoms with Crippen LogP contribution in [0.2, 0.25) is 5.02 Å². The van der Waals surface area contributed by atoms with Crippen LogP contribution in [-0.2, 0) is 4.74 Å². The van der Waals surface area contributed by atoms with Crippen LogP contribution in [0.4, 0.5) is 5.13 Å². The number of hydrogen-bond acceptors (Lipinski definition) is 6. The number of thioether (sulfide) groups is 1. The Kier molecular flexibility index (Phi) is 9.22. The minimum atomic E-state index is -0.0163. The van der Waals surface area contributed by atoms with Crippen LogP contribution < -0.4 is 4.90 Å². The van der Waals surface area contributed by atoms with Crippen LogP contribution in [0, 0.1) is 6.92 Å². The molecule has 1 amide bonds. The van der Waals surface area contributed by atoms with E-state index in [0.717, 1.165) is 65.1 Å². The minimum Gasteiger partial charge on any atom is -0.379 e. The topological polar surface area (TPSA) is 45.7 Å². The third-order valence-electron chi connectivity index (χ3n) is 5.51. The Hall–Kier alpha value is -1.35. The van der Waals surface area contributed by atoms with E-state index in [2.05, 4.69) is 4.90 Å². The van der Waals surface area contributed by atoms with E-state index in [-0.39, 0.29) is 18.3 Å². The number of aryl methyl sites for hydroxylation is 1. The van der Waals surface area contributed by atoms with Crippen LogP contribution in [-0.4, -0.2) is 61.4 Å². The van der Waals surface area contributed by atoms with Crippen molar-refractivity contribution in [3.05, 3.63) is 52.5 Å². The first-order valence-corrected chi connectivity index (χ1v) is 12.8. The zero-order valence-corrected chi connectivity index (χ0v) is 21.4. The Balaban J connectivity index is 0.00000289. The van der Waals surface area contributed by atoms with E-state index < -0.39 is 0 Å². The minimum absolute atomic E-state index is 0. The lowest BCUT2D eigenvalue weighted by Crippen LogP contribution is -2.39. The van der Waals surface area contributed by atoms with Crippen LogP contribution in [0.1, 0.15) is 22.3 Å². The fourth-order valence-corrected chi connectivity index (χ4v) is 5.27. The molecule has 9 heteroatoms. The summed E-state index contributed by atoms with van der Waals surface area (Å²) < 4.78 is 6.48. The van der Waals surface area contributed by atoms with Crippen molar-refractivity contribution < 1.29 is 9.53 Å². The van der Waals surface area contributed by atoms with Crippen LogP contribution >= 0.6 is 47.1 Å². The Bertz CT molecular complexity index is 1050. The van der Waals surface area contributed by atoms with E-state index >= 15 is 0 Å². The highest BCUT2D eigenvalue weighted by atomic mass is 35.5. The molecule has 0 N–H and O–H groups in total. The number of anilines is 1. The van der Waals surface area contributed by atoms with Crippen LogP contribution in [0.15, 0.2) is 41.3 Å². The molecule has 2 heterocycles. The normalized spacial score (nSPS) is 14.3. The number of benzene rings is 2. The van der Waals surface area contributed by atoms with Gasteiger partial charge in [0.2, 0.25) is 0 Å². The number of rotatable bonds is 7. The number of morpholine rings is 1. The molecule has 2 aromatic carbocycles. The smallest absolute Gasteiger partial charge is 0.260 e. The number of ether oxygens (including phenoxy) is 1.